The number of para-hydroxylation sites is 1. The Morgan fingerprint density at radius 2 is 1.20 bits per heavy atom. The summed E-state index contributed by atoms with van der Waals surface area (Å²) in [4.78, 5) is 34.4. The van der Waals surface area contributed by atoms with Crippen LogP contribution in [-0.4, -0.2) is 22.8 Å². The second kappa shape index (κ2) is 10.9. The van der Waals surface area contributed by atoms with E-state index in [2.05, 4.69) is 68.7 Å². The SMILES string of the molecule is O=C1c2c(Br)c(Br)c(Br)c(Br)c2C(=O)N1c1ccc(C2=NC(=S)N(c3ccccc3)C(c3ccccc3)O2)cc1. The van der Waals surface area contributed by atoms with Crippen LogP contribution in [0.5, 0.6) is 0 Å². The maximum Gasteiger partial charge on any atom is 0.267 e. The van der Waals surface area contributed by atoms with Gasteiger partial charge in [-0.3, -0.25) is 14.5 Å². The molecular formula is C29H15Br4N3O3S. The fourth-order valence-corrected chi connectivity index (χ4v) is 7.31. The summed E-state index contributed by atoms with van der Waals surface area (Å²) in [6.45, 7) is 0. The number of aliphatic imine (C=N–C) groups is 1. The minimum Gasteiger partial charge on any atom is -0.448 e. The maximum absolute atomic E-state index is 13.4. The number of fused-ring (bicyclic) bond motifs is 1. The molecular weight excluding hydrogens is 790 g/mol. The predicted octanol–water partition coefficient (Wildman–Crippen LogP) is 8.80. The molecule has 0 saturated carbocycles. The molecule has 0 aliphatic carbocycles. The Balaban J connectivity index is 1.34. The summed E-state index contributed by atoms with van der Waals surface area (Å²) in [6.07, 6.45) is -0.536. The first-order valence-corrected chi connectivity index (χ1v) is 15.4. The molecule has 0 radical (unpaired) electrons. The summed E-state index contributed by atoms with van der Waals surface area (Å²) in [5, 5.41) is 0.358. The first-order chi connectivity index (χ1) is 19.3. The van der Waals surface area contributed by atoms with Crippen molar-refractivity contribution in [3.05, 3.63) is 125 Å². The topological polar surface area (TPSA) is 62.2 Å². The molecule has 2 heterocycles. The number of rotatable bonds is 4. The molecule has 0 fully saturated rings. The number of ether oxygens (including phenoxy) is 1. The van der Waals surface area contributed by atoms with Gasteiger partial charge in [-0.15, -0.1) is 0 Å². The van der Waals surface area contributed by atoms with Gasteiger partial charge in [0.1, 0.15) is 0 Å². The molecule has 1 unspecified atom stereocenters. The molecule has 6 rings (SSSR count). The van der Waals surface area contributed by atoms with Crippen LogP contribution in [0, 0.1) is 0 Å². The number of carbonyl (C=O) groups excluding carboxylic acids is 2. The molecule has 2 aliphatic heterocycles. The zero-order valence-electron chi connectivity index (χ0n) is 20.1. The van der Waals surface area contributed by atoms with E-state index in [0.29, 0.717) is 40.2 Å². The summed E-state index contributed by atoms with van der Waals surface area (Å²) in [7, 11) is 0. The van der Waals surface area contributed by atoms with Gasteiger partial charge in [0.2, 0.25) is 17.2 Å². The third-order valence-corrected chi connectivity index (χ3v) is 11.5. The van der Waals surface area contributed by atoms with Crippen molar-refractivity contribution in [1.29, 1.82) is 0 Å². The van der Waals surface area contributed by atoms with Gasteiger partial charge in [-0.25, -0.2) is 4.90 Å². The molecule has 1 atom stereocenters. The number of carbonyl (C=O) groups is 2. The Kier molecular flexibility index (Phi) is 7.51. The second-order valence-electron chi connectivity index (χ2n) is 8.78. The average Bonchev–Trinajstić information content (AvgIpc) is 3.25. The number of amides is 2. The van der Waals surface area contributed by atoms with Gasteiger partial charge < -0.3 is 4.74 Å². The normalized spacial score (nSPS) is 16.6. The zero-order chi connectivity index (χ0) is 28.1. The van der Waals surface area contributed by atoms with Crippen LogP contribution in [-0.2, 0) is 4.74 Å². The molecule has 6 nitrogen and oxygen atoms in total. The molecule has 11 heteroatoms. The van der Waals surface area contributed by atoms with E-state index in [0.717, 1.165) is 16.2 Å². The Morgan fingerprint density at radius 3 is 1.75 bits per heavy atom. The molecule has 2 aliphatic rings. The maximum atomic E-state index is 13.4. The fourth-order valence-electron chi connectivity index (χ4n) is 4.56. The van der Waals surface area contributed by atoms with Crippen molar-refractivity contribution in [1.82, 2.24) is 0 Å². The van der Waals surface area contributed by atoms with E-state index >= 15 is 0 Å². The Labute approximate surface area is 268 Å². The van der Waals surface area contributed by atoms with Gasteiger partial charge >= 0.3 is 0 Å². The highest BCUT2D eigenvalue weighted by atomic mass is 79.9. The number of hydrogen-bond donors (Lipinski definition) is 0. The molecule has 0 aromatic heterocycles. The lowest BCUT2D eigenvalue weighted by atomic mass is 10.1. The van der Waals surface area contributed by atoms with Gasteiger partial charge in [-0.1, -0.05) is 48.5 Å². The lowest BCUT2D eigenvalue weighted by molar-refractivity contribution is 0.0925. The summed E-state index contributed by atoms with van der Waals surface area (Å²) < 4.78 is 8.71. The van der Waals surface area contributed by atoms with Crippen molar-refractivity contribution in [3.8, 4) is 0 Å². The van der Waals surface area contributed by atoms with Gasteiger partial charge in [0, 0.05) is 34.7 Å². The number of thiocarbonyl (C=S) groups is 1. The van der Waals surface area contributed by atoms with E-state index in [1.54, 1.807) is 24.3 Å². The lowest BCUT2D eigenvalue weighted by Crippen LogP contribution is -2.40. The molecule has 0 bridgehead atoms. The summed E-state index contributed by atoms with van der Waals surface area (Å²) in [5.74, 6) is -0.509. The largest absolute Gasteiger partial charge is 0.448 e. The van der Waals surface area contributed by atoms with E-state index in [1.807, 2.05) is 65.6 Å². The van der Waals surface area contributed by atoms with E-state index in [1.165, 1.54) is 0 Å². The lowest BCUT2D eigenvalue weighted by Gasteiger charge is -2.36. The standard InChI is InChI=1S/C29H15Br4N3O3S/c30-21-19-20(22(31)24(33)23(21)32)27(38)35(26(19)37)18-13-11-15(12-14-18)25-34-29(40)36(17-9-5-2-6-10-17)28(39-25)16-7-3-1-4-8-16/h1-14,28H. The van der Waals surface area contributed by atoms with Crippen LogP contribution in [0.1, 0.15) is 38.1 Å². The highest BCUT2D eigenvalue weighted by molar-refractivity contribution is 9.15. The molecule has 40 heavy (non-hydrogen) atoms. The van der Waals surface area contributed by atoms with Crippen LogP contribution in [0.3, 0.4) is 0 Å². The third kappa shape index (κ3) is 4.57. The van der Waals surface area contributed by atoms with Crippen molar-refractivity contribution < 1.29 is 14.3 Å². The number of benzene rings is 4. The van der Waals surface area contributed by atoms with Crippen molar-refractivity contribution in [3.63, 3.8) is 0 Å². The highest BCUT2D eigenvalue weighted by Gasteiger charge is 2.42. The average molecular weight is 805 g/mol. The highest BCUT2D eigenvalue weighted by Crippen LogP contribution is 2.46. The Bertz CT molecular complexity index is 1680. The quantitative estimate of drug-likeness (QED) is 0.0894. The molecule has 0 N–H and O–H groups in total. The van der Waals surface area contributed by atoms with Gasteiger partial charge in [-0.05, 0) is 112 Å². The Hall–Kier alpha value is -2.70. The summed E-state index contributed by atoms with van der Waals surface area (Å²) in [5.41, 5.74) is 3.42. The van der Waals surface area contributed by atoms with Gasteiger partial charge in [0.05, 0.1) is 16.8 Å². The predicted molar refractivity (Wildman–Crippen MR) is 173 cm³/mol. The number of nitrogens with zero attached hydrogens (tertiary/aromatic N) is 3. The number of imide groups is 1. The van der Waals surface area contributed by atoms with Crippen LogP contribution in [0.15, 0.2) is 108 Å². The molecule has 0 saturated heterocycles. The van der Waals surface area contributed by atoms with Gasteiger partial charge in [0.25, 0.3) is 11.8 Å². The molecule has 2 amide bonds. The van der Waals surface area contributed by atoms with Crippen molar-refractivity contribution in [2.24, 2.45) is 4.99 Å². The number of halogens is 4. The van der Waals surface area contributed by atoms with E-state index in [-0.39, 0.29) is 11.1 Å². The van der Waals surface area contributed by atoms with Crippen LogP contribution >= 0.6 is 75.9 Å². The third-order valence-electron chi connectivity index (χ3n) is 6.45. The smallest absolute Gasteiger partial charge is 0.267 e. The molecule has 4 aromatic rings. The summed E-state index contributed by atoms with van der Waals surface area (Å²) in [6, 6.07) is 26.4. The monoisotopic (exact) mass is 801 g/mol. The van der Waals surface area contributed by atoms with Crippen LogP contribution in [0.2, 0.25) is 0 Å². The van der Waals surface area contributed by atoms with E-state index < -0.39 is 18.0 Å². The first kappa shape index (κ1) is 27.5. The zero-order valence-corrected chi connectivity index (χ0v) is 27.3. The number of hydrogen-bond acceptors (Lipinski definition) is 4. The Morgan fingerprint density at radius 1 is 0.675 bits per heavy atom. The van der Waals surface area contributed by atoms with E-state index in [4.69, 9.17) is 17.0 Å². The first-order valence-electron chi connectivity index (χ1n) is 11.8. The second-order valence-corrected chi connectivity index (χ2v) is 12.3. The van der Waals surface area contributed by atoms with E-state index in [9.17, 15) is 9.59 Å². The van der Waals surface area contributed by atoms with Gasteiger partial charge in [-0.2, -0.15) is 4.99 Å². The van der Waals surface area contributed by atoms with Crippen LogP contribution < -0.4 is 9.80 Å². The van der Waals surface area contributed by atoms with Crippen LogP contribution in [0.25, 0.3) is 0 Å². The molecule has 0 spiro atoms. The molecule has 4 aromatic carbocycles. The number of anilines is 2. The summed E-state index contributed by atoms with van der Waals surface area (Å²) >= 11 is 19.6. The fraction of sp³-hybridized carbons (Fsp3) is 0.0345. The van der Waals surface area contributed by atoms with Gasteiger partial charge in [0.15, 0.2) is 0 Å². The van der Waals surface area contributed by atoms with Crippen molar-refractivity contribution in [2.75, 3.05) is 9.80 Å². The molecule has 198 valence electrons. The van der Waals surface area contributed by atoms with Crippen molar-refractivity contribution in [2.45, 2.75) is 6.23 Å². The van der Waals surface area contributed by atoms with Crippen molar-refractivity contribution >= 4 is 110 Å². The minimum atomic E-state index is -0.536. The minimum absolute atomic E-state index is 0.285. The van der Waals surface area contributed by atoms with Crippen LogP contribution in [0.4, 0.5) is 11.4 Å².